The molecule has 1 amide bonds. The standard InChI is InChI=1S/C27H18ClFN2O4S/c1-13-10-16-11-15(4-9-20(16)35-13)24(32)22-23(14-2-5-17(28)6-3-14)31(26(34)25(22)33)27-30-19-8-7-18(29)12-21(19)36-27/h2-9,11-13,23,32H,10H2,1H3/b24-22+/t13-,23+/m0/s1. The Morgan fingerprint density at radius 3 is 2.69 bits per heavy atom. The van der Waals surface area contributed by atoms with Gasteiger partial charge in [-0.1, -0.05) is 35.1 Å². The number of hydrogen-bond donors (Lipinski definition) is 1. The molecule has 0 radical (unpaired) electrons. The summed E-state index contributed by atoms with van der Waals surface area (Å²) in [6.45, 7) is 1.95. The summed E-state index contributed by atoms with van der Waals surface area (Å²) >= 11 is 7.19. The summed E-state index contributed by atoms with van der Waals surface area (Å²) < 4.78 is 20.1. The molecule has 9 heteroatoms. The molecule has 0 unspecified atom stereocenters. The summed E-state index contributed by atoms with van der Waals surface area (Å²) in [6.07, 6.45) is 0.689. The second kappa shape index (κ2) is 8.43. The number of anilines is 1. The van der Waals surface area contributed by atoms with E-state index in [9.17, 15) is 19.1 Å². The Balaban J connectivity index is 1.53. The molecule has 2 aliphatic heterocycles. The molecule has 3 aromatic carbocycles. The van der Waals surface area contributed by atoms with Gasteiger partial charge < -0.3 is 9.84 Å². The van der Waals surface area contributed by atoms with Gasteiger partial charge in [0.25, 0.3) is 5.78 Å². The number of ketones is 1. The predicted molar refractivity (Wildman–Crippen MR) is 136 cm³/mol. The van der Waals surface area contributed by atoms with Gasteiger partial charge in [0.05, 0.1) is 21.8 Å². The second-order valence-corrected chi connectivity index (χ2v) is 10.2. The number of rotatable bonds is 3. The van der Waals surface area contributed by atoms with E-state index in [1.807, 2.05) is 6.92 Å². The number of benzene rings is 3. The fraction of sp³-hybridized carbons (Fsp3) is 0.148. The number of thiazole rings is 1. The molecule has 6 rings (SSSR count). The zero-order valence-corrected chi connectivity index (χ0v) is 20.4. The molecular weight excluding hydrogens is 503 g/mol. The fourth-order valence-electron chi connectivity index (χ4n) is 4.70. The van der Waals surface area contributed by atoms with Gasteiger partial charge >= 0.3 is 5.91 Å². The van der Waals surface area contributed by atoms with Crippen molar-refractivity contribution in [3.8, 4) is 5.75 Å². The van der Waals surface area contributed by atoms with Crippen molar-refractivity contribution in [2.24, 2.45) is 0 Å². The molecule has 36 heavy (non-hydrogen) atoms. The molecule has 2 atom stereocenters. The van der Waals surface area contributed by atoms with Crippen LogP contribution in [0.1, 0.15) is 29.7 Å². The Labute approximate surface area is 214 Å². The molecule has 6 nitrogen and oxygen atoms in total. The van der Waals surface area contributed by atoms with Gasteiger partial charge in [-0.25, -0.2) is 9.37 Å². The Hall–Kier alpha value is -3.75. The zero-order chi connectivity index (χ0) is 25.1. The highest BCUT2D eigenvalue weighted by Crippen LogP contribution is 2.45. The predicted octanol–water partition coefficient (Wildman–Crippen LogP) is 6.04. The maximum atomic E-state index is 13.8. The number of aliphatic hydroxyl groups excluding tert-OH is 1. The first kappa shape index (κ1) is 22.7. The number of ether oxygens (including phenoxy) is 1. The van der Waals surface area contributed by atoms with E-state index in [0.29, 0.717) is 32.8 Å². The van der Waals surface area contributed by atoms with Crippen molar-refractivity contribution in [1.82, 2.24) is 4.98 Å². The lowest BCUT2D eigenvalue weighted by molar-refractivity contribution is -0.132. The Bertz CT molecular complexity index is 1600. The van der Waals surface area contributed by atoms with Crippen LogP contribution in [0.4, 0.5) is 9.52 Å². The van der Waals surface area contributed by atoms with Crippen LogP contribution >= 0.6 is 22.9 Å². The number of carbonyl (C=O) groups excluding carboxylic acids is 2. The zero-order valence-electron chi connectivity index (χ0n) is 18.9. The van der Waals surface area contributed by atoms with Crippen molar-refractivity contribution in [3.05, 3.63) is 93.8 Å². The molecule has 0 spiro atoms. The maximum absolute atomic E-state index is 13.8. The minimum Gasteiger partial charge on any atom is -0.507 e. The van der Waals surface area contributed by atoms with Gasteiger partial charge in [-0.15, -0.1) is 0 Å². The van der Waals surface area contributed by atoms with Crippen molar-refractivity contribution in [2.45, 2.75) is 25.5 Å². The first-order valence-corrected chi connectivity index (χ1v) is 12.4. The molecule has 0 bridgehead atoms. The van der Waals surface area contributed by atoms with E-state index in [1.54, 1.807) is 42.5 Å². The molecule has 4 aromatic rings. The number of carbonyl (C=O) groups is 2. The van der Waals surface area contributed by atoms with E-state index in [-0.39, 0.29) is 22.6 Å². The Kier molecular flexibility index (Phi) is 5.31. The molecule has 1 saturated heterocycles. The normalized spacial score (nSPS) is 20.7. The van der Waals surface area contributed by atoms with Crippen molar-refractivity contribution in [3.63, 3.8) is 0 Å². The van der Waals surface area contributed by atoms with Crippen LogP contribution in [0.2, 0.25) is 5.02 Å². The quantitative estimate of drug-likeness (QED) is 0.202. The Morgan fingerprint density at radius 2 is 1.92 bits per heavy atom. The van der Waals surface area contributed by atoms with E-state index in [4.69, 9.17) is 16.3 Å². The lowest BCUT2D eigenvalue weighted by atomic mass is 9.94. The highest BCUT2D eigenvalue weighted by molar-refractivity contribution is 7.22. The number of halogens is 2. The second-order valence-electron chi connectivity index (χ2n) is 8.78. The summed E-state index contributed by atoms with van der Waals surface area (Å²) in [6, 6.07) is 15.1. The third kappa shape index (κ3) is 3.65. The van der Waals surface area contributed by atoms with Crippen LogP contribution in [0.5, 0.6) is 5.75 Å². The summed E-state index contributed by atoms with van der Waals surface area (Å²) in [5.74, 6) is -1.64. The van der Waals surface area contributed by atoms with E-state index in [0.717, 1.165) is 22.6 Å². The van der Waals surface area contributed by atoms with Crippen molar-refractivity contribution >= 4 is 55.7 Å². The van der Waals surface area contributed by atoms with Crippen molar-refractivity contribution < 1.29 is 23.8 Å². The molecular formula is C27H18ClFN2O4S. The van der Waals surface area contributed by atoms with E-state index < -0.39 is 23.5 Å². The van der Waals surface area contributed by atoms with Crippen molar-refractivity contribution in [2.75, 3.05) is 4.90 Å². The summed E-state index contributed by atoms with van der Waals surface area (Å²) in [7, 11) is 0. The largest absolute Gasteiger partial charge is 0.507 e. The number of Topliss-reactive ketones (excluding diaryl/α,β-unsaturated/α-hetero) is 1. The van der Waals surface area contributed by atoms with E-state index in [1.165, 1.54) is 23.1 Å². The van der Waals surface area contributed by atoms with E-state index in [2.05, 4.69) is 4.98 Å². The number of nitrogens with zero attached hydrogens (tertiary/aromatic N) is 2. The number of aromatic nitrogens is 1. The van der Waals surface area contributed by atoms with E-state index >= 15 is 0 Å². The van der Waals surface area contributed by atoms with Gasteiger partial charge in [0.15, 0.2) is 5.13 Å². The lowest BCUT2D eigenvalue weighted by Gasteiger charge is -2.23. The third-order valence-corrected chi connectivity index (χ3v) is 7.61. The van der Waals surface area contributed by atoms with Gasteiger partial charge in [-0.3, -0.25) is 14.5 Å². The molecule has 0 aliphatic carbocycles. The van der Waals surface area contributed by atoms with Gasteiger partial charge in [0.1, 0.15) is 23.4 Å². The lowest BCUT2D eigenvalue weighted by Crippen LogP contribution is -2.29. The van der Waals surface area contributed by atoms with Crippen LogP contribution in [0.25, 0.3) is 16.0 Å². The third-order valence-electron chi connectivity index (χ3n) is 6.34. The SMILES string of the molecule is C[C@H]1Cc2cc(/C(O)=C3\C(=O)C(=O)N(c4nc5ccc(F)cc5s4)[C@@H]3c3ccc(Cl)cc3)ccc2O1. The van der Waals surface area contributed by atoms with Crippen LogP contribution in [-0.4, -0.2) is 27.9 Å². The van der Waals surface area contributed by atoms with Crippen LogP contribution in [-0.2, 0) is 16.0 Å². The first-order chi connectivity index (χ1) is 17.3. The molecule has 0 saturated carbocycles. The van der Waals surface area contributed by atoms with Gasteiger partial charge in [-0.2, -0.15) is 0 Å². The topological polar surface area (TPSA) is 79.7 Å². The highest BCUT2D eigenvalue weighted by atomic mass is 35.5. The molecule has 3 heterocycles. The van der Waals surface area contributed by atoms with Gasteiger partial charge in [-0.05, 0) is 66.6 Å². The minimum atomic E-state index is -0.948. The molecule has 180 valence electrons. The summed E-state index contributed by atoms with van der Waals surface area (Å²) in [5, 5.41) is 12.1. The Morgan fingerprint density at radius 1 is 1.14 bits per heavy atom. The summed E-state index contributed by atoms with van der Waals surface area (Å²) in [4.78, 5) is 32.5. The minimum absolute atomic E-state index is 0.0147. The molecule has 1 N–H and O–H groups in total. The fourth-order valence-corrected chi connectivity index (χ4v) is 5.85. The highest BCUT2D eigenvalue weighted by Gasteiger charge is 2.48. The average Bonchev–Trinajstić information content (AvgIpc) is 3.51. The van der Waals surface area contributed by atoms with Crippen molar-refractivity contribution in [1.29, 1.82) is 0 Å². The number of hydrogen-bond acceptors (Lipinski definition) is 6. The number of amides is 1. The van der Waals surface area contributed by atoms with Crippen LogP contribution in [0.15, 0.2) is 66.2 Å². The molecule has 1 aromatic heterocycles. The maximum Gasteiger partial charge on any atom is 0.301 e. The van der Waals surface area contributed by atoms with Crippen LogP contribution in [0.3, 0.4) is 0 Å². The number of fused-ring (bicyclic) bond motifs is 2. The first-order valence-electron chi connectivity index (χ1n) is 11.2. The number of aliphatic hydroxyl groups is 1. The van der Waals surface area contributed by atoms with Crippen LogP contribution in [0, 0.1) is 5.82 Å². The average molecular weight is 521 g/mol. The summed E-state index contributed by atoms with van der Waals surface area (Å²) in [5.41, 5.74) is 2.34. The monoisotopic (exact) mass is 520 g/mol. The molecule has 2 aliphatic rings. The molecule has 1 fully saturated rings. The smallest absolute Gasteiger partial charge is 0.301 e. The van der Waals surface area contributed by atoms with Gasteiger partial charge in [0.2, 0.25) is 0 Å². The van der Waals surface area contributed by atoms with Crippen LogP contribution < -0.4 is 9.64 Å². The van der Waals surface area contributed by atoms with Gasteiger partial charge in [0, 0.05) is 17.0 Å².